The van der Waals surface area contributed by atoms with Crippen LogP contribution < -0.4 is 0 Å². The molecule has 1 aliphatic rings. The van der Waals surface area contributed by atoms with Gasteiger partial charge in [-0.2, -0.15) is 0 Å². The molecule has 0 spiro atoms. The van der Waals surface area contributed by atoms with Gasteiger partial charge in [-0.3, -0.25) is 19.4 Å². The molecule has 1 aliphatic heterocycles. The third-order valence-electron chi connectivity index (χ3n) is 4.38. The van der Waals surface area contributed by atoms with Crippen LogP contribution in [0.25, 0.3) is 0 Å². The molecule has 0 saturated carbocycles. The standard InChI is InChI=1S/C20H22N2O3/c1-25-14-13-21(15-16-7-3-2-4-8-16)11-12-22-19(23)17-9-5-6-10-18(17)20(22)24/h2-10H,11-15H2,1H3. The second kappa shape index (κ2) is 8.05. The highest BCUT2D eigenvalue weighted by Crippen LogP contribution is 2.22. The number of carbonyl (C=O) groups excluding carboxylic acids is 2. The van der Waals surface area contributed by atoms with Crippen LogP contribution >= 0.6 is 0 Å². The van der Waals surface area contributed by atoms with Gasteiger partial charge < -0.3 is 4.74 Å². The van der Waals surface area contributed by atoms with Crippen molar-refractivity contribution in [2.75, 3.05) is 33.4 Å². The third-order valence-corrected chi connectivity index (χ3v) is 4.38. The molecule has 0 unspecified atom stereocenters. The summed E-state index contributed by atoms with van der Waals surface area (Å²) in [6.45, 7) is 3.10. The van der Waals surface area contributed by atoms with E-state index in [0.29, 0.717) is 30.8 Å². The first-order chi connectivity index (χ1) is 12.2. The molecular formula is C20H22N2O3. The molecule has 25 heavy (non-hydrogen) atoms. The molecule has 0 N–H and O–H groups in total. The lowest BCUT2D eigenvalue weighted by Gasteiger charge is -2.24. The van der Waals surface area contributed by atoms with Crippen molar-refractivity contribution in [2.24, 2.45) is 0 Å². The van der Waals surface area contributed by atoms with E-state index in [1.54, 1.807) is 31.4 Å². The van der Waals surface area contributed by atoms with E-state index < -0.39 is 0 Å². The zero-order chi connectivity index (χ0) is 17.6. The molecule has 0 bridgehead atoms. The van der Waals surface area contributed by atoms with Crippen LogP contribution in [-0.2, 0) is 11.3 Å². The first-order valence-corrected chi connectivity index (χ1v) is 8.41. The Labute approximate surface area is 147 Å². The smallest absolute Gasteiger partial charge is 0.261 e. The van der Waals surface area contributed by atoms with Gasteiger partial charge in [0.05, 0.1) is 17.7 Å². The first kappa shape index (κ1) is 17.3. The van der Waals surface area contributed by atoms with Crippen molar-refractivity contribution in [3.05, 3.63) is 71.3 Å². The van der Waals surface area contributed by atoms with E-state index in [0.717, 1.165) is 13.1 Å². The molecule has 0 aliphatic carbocycles. The van der Waals surface area contributed by atoms with Crippen LogP contribution in [-0.4, -0.2) is 55.0 Å². The summed E-state index contributed by atoms with van der Waals surface area (Å²) in [5, 5.41) is 0. The average molecular weight is 338 g/mol. The lowest BCUT2D eigenvalue weighted by molar-refractivity contribution is 0.0625. The zero-order valence-electron chi connectivity index (χ0n) is 14.4. The van der Waals surface area contributed by atoms with Crippen LogP contribution in [0.4, 0.5) is 0 Å². The molecule has 0 atom stereocenters. The van der Waals surface area contributed by atoms with Crippen molar-refractivity contribution in [1.82, 2.24) is 9.80 Å². The maximum Gasteiger partial charge on any atom is 0.261 e. The number of carbonyl (C=O) groups is 2. The Bertz CT molecular complexity index is 711. The molecule has 5 heteroatoms. The summed E-state index contributed by atoms with van der Waals surface area (Å²) in [6.07, 6.45) is 0. The van der Waals surface area contributed by atoms with E-state index in [1.165, 1.54) is 10.5 Å². The van der Waals surface area contributed by atoms with Gasteiger partial charge in [-0.1, -0.05) is 42.5 Å². The van der Waals surface area contributed by atoms with Crippen LogP contribution in [0.2, 0.25) is 0 Å². The number of fused-ring (bicyclic) bond motifs is 1. The van der Waals surface area contributed by atoms with Crippen molar-refractivity contribution in [3.63, 3.8) is 0 Å². The topological polar surface area (TPSA) is 49.9 Å². The Morgan fingerprint density at radius 2 is 1.48 bits per heavy atom. The minimum absolute atomic E-state index is 0.202. The Morgan fingerprint density at radius 3 is 2.08 bits per heavy atom. The molecule has 2 aromatic carbocycles. The summed E-state index contributed by atoms with van der Waals surface area (Å²) >= 11 is 0. The molecule has 1 heterocycles. The summed E-state index contributed by atoms with van der Waals surface area (Å²) in [7, 11) is 1.67. The maximum absolute atomic E-state index is 12.5. The summed E-state index contributed by atoms with van der Waals surface area (Å²) in [4.78, 5) is 28.4. The van der Waals surface area contributed by atoms with E-state index in [2.05, 4.69) is 17.0 Å². The second-order valence-corrected chi connectivity index (χ2v) is 6.06. The lowest BCUT2D eigenvalue weighted by atomic mass is 10.1. The van der Waals surface area contributed by atoms with Crippen molar-refractivity contribution in [2.45, 2.75) is 6.54 Å². The van der Waals surface area contributed by atoms with Crippen molar-refractivity contribution < 1.29 is 14.3 Å². The van der Waals surface area contributed by atoms with Gasteiger partial charge in [0.2, 0.25) is 0 Å². The number of hydrogen-bond acceptors (Lipinski definition) is 4. The number of rotatable bonds is 8. The Balaban J connectivity index is 1.65. The van der Waals surface area contributed by atoms with E-state index in [4.69, 9.17) is 4.74 Å². The molecule has 3 rings (SSSR count). The number of ether oxygens (including phenoxy) is 1. The predicted molar refractivity (Wildman–Crippen MR) is 95.4 cm³/mol. The van der Waals surface area contributed by atoms with Crippen LogP contribution in [0.3, 0.4) is 0 Å². The van der Waals surface area contributed by atoms with Crippen LogP contribution in [0.5, 0.6) is 0 Å². The highest BCUT2D eigenvalue weighted by molar-refractivity contribution is 6.21. The number of methoxy groups -OCH3 is 1. The first-order valence-electron chi connectivity index (χ1n) is 8.41. The molecule has 0 aromatic heterocycles. The largest absolute Gasteiger partial charge is 0.383 e. The third kappa shape index (κ3) is 3.95. The molecule has 130 valence electrons. The summed E-state index contributed by atoms with van der Waals surface area (Å²) in [5.74, 6) is -0.404. The maximum atomic E-state index is 12.5. The summed E-state index contributed by atoms with van der Waals surface area (Å²) < 4.78 is 5.19. The Hall–Kier alpha value is -2.50. The normalized spacial score (nSPS) is 13.6. The van der Waals surface area contributed by atoms with Gasteiger partial charge in [-0.15, -0.1) is 0 Å². The van der Waals surface area contributed by atoms with Gasteiger partial charge in [0.1, 0.15) is 0 Å². The highest BCUT2D eigenvalue weighted by atomic mass is 16.5. The number of hydrogen-bond donors (Lipinski definition) is 0. The molecule has 0 fully saturated rings. The van der Waals surface area contributed by atoms with E-state index in [1.807, 2.05) is 18.2 Å². The number of imide groups is 1. The van der Waals surface area contributed by atoms with Gasteiger partial charge >= 0.3 is 0 Å². The molecular weight excluding hydrogens is 316 g/mol. The van der Waals surface area contributed by atoms with Crippen molar-refractivity contribution >= 4 is 11.8 Å². The van der Waals surface area contributed by atoms with E-state index in [9.17, 15) is 9.59 Å². The van der Waals surface area contributed by atoms with Gasteiger partial charge in [0.15, 0.2) is 0 Å². The lowest BCUT2D eigenvalue weighted by Crippen LogP contribution is -2.39. The fourth-order valence-corrected chi connectivity index (χ4v) is 3.02. The monoisotopic (exact) mass is 338 g/mol. The number of amides is 2. The van der Waals surface area contributed by atoms with Gasteiger partial charge in [-0.25, -0.2) is 0 Å². The van der Waals surface area contributed by atoms with E-state index in [-0.39, 0.29) is 11.8 Å². The van der Waals surface area contributed by atoms with Crippen molar-refractivity contribution in [1.29, 1.82) is 0 Å². The Morgan fingerprint density at radius 1 is 0.880 bits per heavy atom. The fourth-order valence-electron chi connectivity index (χ4n) is 3.02. The summed E-state index contributed by atoms with van der Waals surface area (Å²) in [5.41, 5.74) is 2.19. The number of nitrogens with zero attached hydrogens (tertiary/aromatic N) is 2. The van der Waals surface area contributed by atoms with Gasteiger partial charge in [0, 0.05) is 33.3 Å². The molecule has 0 radical (unpaired) electrons. The molecule has 0 saturated heterocycles. The Kier molecular flexibility index (Phi) is 5.58. The predicted octanol–water partition coefficient (Wildman–Crippen LogP) is 2.43. The zero-order valence-corrected chi connectivity index (χ0v) is 14.4. The van der Waals surface area contributed by atoms with Crippen LogP contribution in [0, 0.1) is 0 Å². The van der Waals surface area contributed by atoms with Crippen LogP contribution in [0.1, 0.15) is 26.3 Å². The molecule has 5 nitrogen and oxygen atoms in total. The second-order valence-electron chi connectivity index (χ2n) is 6.06. The van der Waals surface area contributed by atoms with Crippen LogP contribution in [0.15, 0.2) is 54.6 Å². The fraction of sp³-hybridized carbons (Fsp3) is 0.300. The highest BCUT2D eigenvalue weighted by Gasteiger charge is 2.34. The average Bonchev–Trinajstić information content (AvgIpc) is 2.89. The molecule has 2 amide bonds. The van der Waals surface area contributed by atoms with E-state index >= 15 is 0 Å². The molecule has 2 aromatic rings. The van der Waals surface area contributed by atoms with Gasteiger partial charge in [-0.05, 0) is 17.7 Å². The number of benzene rings is 2. The van der Waals surface area contributed by atoms with Crippen molar-refractivity contribution in [3.8, 4) is 0 Å². The quantitative estimate of drug-likeness (QED) is 0.694. The minimum atomic E-state index is -0.202. The summed E-state index contributed by atoms with van der Waals surface area (Å²) in [6, 6.07) is 17.1. The SMILES string of the molecule is COCCN(CCN1C(=O)c2ccccc2C1=O)Cc1ccccc1. The van der Waals surface area contributed by atoms with Gasteiger partial charge in [0.25, 0.3) is 11.8 Å². The minimum Gasteiger partial charge on any atom is -0.383 e.